The minimum absolute atomic E-state index is 0.290. The molecule has 148 valence electrons. The highest BCUT2D eigenvalue weighted by molar-refractivity contribution is 7.80. The van der Waals surface area contributed by atoms with Crippen molar-refractivity contribution in [1.82, 2.24) is 10.6 Å². The summed E-state index contributed by atoms with van der Waals surface area (Å²) in [7, 11) is 0. The Morgan fingerprint density at radius 2 is 2.11 bits per heavy atom. The van der Waals surface area contributed by atoms with E-state index in [0.29, 0.717) is 0 Å². The van der Waals surface area contributed by atoms with E-state index in [1.54, 1.807) is 5.32 Å². The number of alkyl halides is 3. The van der Waals surface area contributed by atoms with Gasteiger partial charge < -0.3 is 25.6 Å². The number of nitrogens with one attached hydrogen (secondary N) is 2. The summed E-state index contributed by atoms with van der Waals surface area (Å²) in [6.07, 6.45) is -5.37. The van der Waals surface area contributed by atoms with Crippen LogP contribution in [0.2, 0.25) is 0 Å². The maximum Gasteiger partial charge on any atom is 0.437 e. The van der Waals surface area contributed by atoms with Crippen molar-refractivity contribution in [2.75, 3.05) is 6.61 Å². The average Bonchev–Trinajstić information content (AvgIpc) is 2.53. The van der Waals surface area contributed by atoms with Crippen LogP contribution in [0.25, 0.3) is 0 Å². The van der Waals surface area contributed by atoms with Crippen molar-refractivity contribution in [2.45, 2.75) is 24.9 Å². The Labute approximate surface area is 155 Å². The van der Waals surface area contributed by atoms with Gasteiger partial charge in [-0.1, -0.05) is 0 Å². The molecule has 0 unspecified atom stereocenters. The van der Waals surface area contributed by atoms with Crippen molar-refractivity contribution in [2.24, 2.45) is 5.92 Å². The molecule has 1 heterocycles. The minimum atomic E-state index is -5.37. The molecule has 0 bridgehead atoms. The number of thiocarbonyl (C=S) groups is 1. The van der Waals surface area contributed by atoms with Crippen LogP contribution in [0.15, 0.2) is 18.2 Å². The molecule has 3 atom stereocenters. The van der Waals surface area contributed by atoms with Gasteiger partial charge in [0.15, 0.2) is 5.11 Å². The second-order valence-corrected chi connectivity index (χ2v) is 5.98. The summed E-state index contributed by atoms with van der Waals surface area (Å²) >= 11 is 4.68. The van der Waals surface area contributed by atoms with Crippen LogP contribution in [0.5, 0.6) is 5.75 Å². The van der Waals surface area contributed by atoms with E-state index in [4.69, 9.17) is 0 Å². The zero-order valence-electron chi connectivity index (χ0n) is 13.6. The molecule has 1 aromatic rings. The number of benzene rings is 1. The molecule has 0 aromatic heterocycles. The van der Waals surface area contributed by atoms with Crippen molar-refractivity contribution >= 4 is 29.0 Å². The fourth-order valence-corrected chi connectivity index (χ4v) is 2.98. The Balaban J connectivity index is 2.68. The van der Waals surface area contributed by atoms with E-state index < -0.39 is 56.9 Å². The largest absolute Gasteiger partial charge is 0.508 e. The summed E-state index contributed by atoms with van der Waals surface area (Å²) in [6, 6.07) is 0.830. The number of halogens is 3. The molecule has 0 amide bonds. The number of hydrogen-bond donors (Lipinski definition) is 4. The second kappa shape index (κ2) is 7.15. The van der Waals surface area contributed by atoms with E-state index >= 15 is 0 Å². The average molecular weight is 409 g/mol. The smallest absolute Gasteiger partial charge is 0.437 e. The van der Waals surface area contributed by atoms with Gasteiger partial charge in [0, 0.05) is 17.7 Å². The SMILES string of the molecule is CCOC(=O)[C@@H]1[C@@H](c2cc([N+](=O)[O-])ccc2O)NC(=S)N[C@]1(O)C(F)(F)F. The highest BCUT2D eigenvalue weighted by atomic mass is 32.1. The molecule has 1 saturated heterocycles. The maximum absolute atomic E-state index is 13.6. The molecule has 13 heteroatoms. The summed E-state index contributed by atoms with van der Waals surface area (Å²) in [5.41, 5.74) is -4.82. The van der Waals surface area contributed by atoms with E-state index in [0.717, 1.165) is 18.2 Å². The third-order valence-corrected chi connectivity index (χ3v) is 4.12. The van der Waals surface area contributed by atoms with E-state index in [1.807, 2.05) is 0 Å². The summed E-state index contributed by atoms with van der Waals surface area (Å²) in [5, 5.41) is 34.5. The topological polar surface area (TPSA) is 134 Å². The third kappa shape index (κ3) is 3.73. The number of aromatic hydroxyl groups is 1. The molecule has 1 aliphatic rings. The monoisotopic (exact) mass is 409 g/mol. The van der Waals surface area contributed by atoms with Crippen LogP contribution in [0, 0.1) is 16.0 Å². The van der Waals surface area contributed by atoms with E-state index in [1.165, 1.54) is 6.92 Å². The Hall–Kier alpha value is -2.67. The Morgan fingerprint density at radius 3 is 2.63 bits per heavy atom. The number of nitro groups is 1. The van der Waals surface area contributed by atoms with Crippen LogP contribution >= 0.6 is 12.2 Å². The Morgan fingerprint density at radius 1 is 1.48 bits per heavy atom. The first-order chi connectivity index (χ1) is 12.4. The minimum Gasteiger partial charge on any atom is -0.508 e. The van der Waals surface area contributed by atoms with Gasteiger partial charge >= 0.3 is 12.1 Å². The van der Waals surface area contributed by atoms with Gasteiger partial charge in [0.1, 0.15) is 11.7 Å². The van der Waals surface area contributed by atoms with Crippen molar-refractivity contribution in [1.29, 1.82) is 0 Å². The molecule has 1 fully saturated rings. The zero-order valence-corrected chi connectivity index (χ0v) is 14.4. The van der Waals surface area contributed by atoms with Gasteiger partial charge in [-0.2, -0.15) is 13.2 Å². The molecular weight excluding hydrogens is 395 g/mol. The highest BCUT2D eigenvalue weighted by Gasteiger charge is 2.66. The fraction of sp³-hybridized carbons (Fsp3) is 0.429. The molecular formula is C14H14F3N3O6S. The van der Waals surface area contributed by atoms with Gasteiger partial charge in [-0.3, -0.25) is 14.9 Å². The Bertz CT molecular complexity index is 790. The van der Waals surface area contributed by atoms with E-state index in [2.05, 4.69) is 22.3 Å². The predicted molar refractivity (Wildman–Crippen MR) is 87.5 cm³/mol. The van der Waals surface area contributed by atoms with Crippen molar-refractivity contribution in [3.8, 4) is 5.75 Å². The lowest BCUT2D eigenvalue weighted by molar-refractivity contribution is -0.385. The second-order valence-electron chi connectivity index (χ2n) is 5.57. The maximum atomic E-state index is 13.6. The van der Waals surface area contributed by atoms with Crippen molar-refractivity contribution in [3.05, 3.63) is 33.9 Å². The van der Waals surface area contributed by atoms with Gasteiger partial charge in [-0.25, -0.2) is 0 Å². The van der Waals surface area contributed by atoms with Crippen LogP contribution < -0.4 is 10.6 Å². The summed E-state index contributed by atoms with van der Waals surface area (Å²) in [6.45, 7) is 1.06. The predicted octanol–water partition coefficient (Wildman–Crippen LogP) is 1.25. The molecule has 1 aromatic carbocycles. The van der Waals surface area contributed by atoms with Gasteiger partial charge in [-0.15, -0.1) is 0 Å². The van der Waals surface area contributed by atoms with Gasteiger partial charge in [-0.05, 0) is 25.2 Å². The molecule has 0 saturated carbocycles. The lowest BCUT2D eigenvalue weighted by Gasteiger charge is -2.45. The third-order valence-electron chi connectivity index (χ3n) is 3.90. The van der Waals surface area contributed by atoms with Crippen LogP contribution in [0.1, 0.15) is 18.5 Å². The van der Waals surface area contributed by atoms with Crippen molar-refractivity contribution < 1.29 is 37.8 Å². The first kappa shape index (κ1) is 20.6. The van der Waals surface area contributed by atoms with E-state index in [-0.39, 0.29) is 6.61 Å². The Kier molecular flexibility index (Phi) is 5.47. The van der Waals surface area contributed by atoms with Crippen LogP contribution in [0.4, 0.5) is 18.9 Å². The molecule has 27 heavy (non-hydrogen) atoms. The van der Waals surface area contributed by atoms with Gasteiger partial charge in [0.25, 0.3) is 11.4 Å². The lowest BCUT2D eigenvalue weighted by atomic mass is 9.81. The molecule has 4 N–H and O–H groups in total. The first-order valence-corrected chi connectivity index (χ1v) is 7.85. The standard InChI is InChI=1S/C14H14F3N3O6S/c1-2-26-11(22)9-10(7-5-6(20(24)25)3-4-8(7)21)18-12(27)19-13(9,23)14(15,16)17/h3-5,9-10,21,23H,2H2,1H3,(H2,18,19,27)/t9-,10+,13+/m0/s1. The number of carbonyl (C=O) groups excluding carboxylic acids is 1. The number of esters is 1. The number of hydrogen-bond acceptors (Lipinski definition) is 7. The van der Waals surface area contributed by atoms with Crippen molar-refractivity contribution in [3.63, 3.8) is 0 Å². The zero-order chi connectivity index (χ0) is 20.6. The van der Waals surface area contributed by atoms with E-state index in [9.17, 15) is 38.3 Å². The number of carbonyl (C=O) groups is 1. The van der Waals surface area contributed by atoms with Crippen LogP contribution in [-0.2, 0) is 9.53 Å². The lowest BCUT2D eigenvalue weighted by Crippen LogP contribution is -2.73. The van der Waals surface area contributed by atoms with Crippen LogP contribution in [-0.4, -0.2) is 44.7 Å². The normalized spacial score (nSPS) is 25.3. The molecule has 0 aliphatic carbocycles. The van der Waals surface area contributed by atoms with Crippen LogP contribution in [0.3, 0.4) is 0 Å². The molecule has 1 aliphatic heterocycles. The summed E-state index contributed by atoms with van der Waals surface area (Å²) in [5.74, 6) is -4.45. The highest BCUT2D eigenvalue weighted by Crippen LogP contribution is 2.45. The first-order valence-electron chi connectivity index (χ1n) is 7.44. The molecule has 0 spiro atoms. The number of phenols is 1. The van der Waals surface area contributed by atoms with Gasteiger partial charge in [0.05, 0.1) is 17.6 Å². The number of nitrogens with zero attached hydrogens (tertiary/aromatic N) is 1. The number of nitro benzene ring substituents is 1. The number of non-ortho nitro benzene ring substituents is 1. The molecule has 0 radical (unpaired) electrons. The number of ether oxygens (including phenoxy) is 1. The van der Waals surface area contributed by atoms with Gasteiger partial charge in [0.2, 0.25) is 0 Å². The summed E-state index contributed by atoms with van der Waals surface area (Å²) in [4.78, 5) is 22.4. The fourth-order valence-electron chi connectivity index (χ4n) is 2.70. The quantitative estimate of drug-likeness (QED) is 0.251. The molecule has 9 nitrogen and oxygen atoms in total. The summed E-state index contributed by atoms with van der Waals surface area (Å²) < 4.78 is 45.3. The number of phenolic OH excluding ortho intramolecular Hbond substituents is 1. The molecule has 2 rings (SSSR count). The number of rotatable bonds is 4. The number of aliphatic hydroxyl groups is 1.